The maximum Gasteiger partial charge on any atom is 0.255 e. The summed E-state index contributed by atoms with van der Waals surface area (Å²) >= 11 is 0. The topological polar surface area (TPSA) is 247 Å². The number of aliphatic hydroxyl groups is 3. The van der Waals surface area contributed by atoms with E-state index in [0.29, 0.717) is 0 Å². The van der Waals surface area contributed by atoms with Gasteiger partial charge in [0.25, 0.3) is 5.91 Å². The summed E-state index contributed by atoms with van der Waals surface area (Å²) in [6.07, 6.45) is -6.57. The lowest BCUT2D eigenvalue weighted by Gasteiger charge is -2.53. The average Bonchev–Trinajstić information content (AvgIpc) is 3.15. The number of carbonyl (C=O) groups is 5. The largest absolute Gasteiger partial charge is 0.507 e. The zero-order valence-corrected chi connectivity index (χ0v) is 30.9. The molecular formula is C40H40N2O14. The van der Waals surface area contributed by atoms with E-state index in [1.165, 1.54) is 27.2 Å². The van der Waals surface area contributed by atoms with E-state index in [2.05, 4.69) is 10.6 Å². The van der Waals surface area contributed by atoms with Crippen LogP contribution in [0.3, 0.4) is 0 Å². The number of rotatable bonds is 8. The van der Waals surface area contributed by atoms with Gasteiger partial charge >= 0.3 is 0 Å². The van der Waals surface area contributed by atoms with Crippen molar-refractivity contribution in [3.63, 3.8) is 0 Å². The Kier molecular flexibility index (Phi) is 9.73. The van der Waals surface area contributed by atoms with E-state index in [9.17, 15) is 49.5 Å². The Hall–Kier alpha value is -5.33. The van der Waals surface area contributed by atoms with Gasteiger partial charge in [0.05, 0.1) is 34.6 Å². The van der Waals surface area contributed by atoms with Crippen LogP contribution in [0.15, 0.2) is 54.2 Å². The molecule has 0 spiro atoms. The molecule has 1 heterocycles. The molecule has 0 saturated carbocycles. The van der Waals surface area contributed by atoms with Crippen molar-refractivity contribution in [1.82, 2.24) is 10.6 Å². The molecule has 1 aliphatic heterocycles. The van der Waals surface area contributed by atoms with Crippen molar-refractivity contribution in [3.05, 3.63) is 104 Å². The molecule has 1 amide bonds. The van der Waals surface area contributed by atoms with Gasteiger partial charge in [-0.2, -0.15) is 0 Å². The van der Waals surface area contributed by atoms with E-state index in [-0.39, 0.29) is 28.9 Å². The maximum absolute atomic E-state index is 14.8. The van der Waals surface area contributed by atoms with Crippen LogP contribution >= 0.6 is 0 Å². The summed E-state index contributed by atoms with van der Waals surface area (Å²) in [5.41, 5.74) is -9.17. The number of Topliss-reactive ketones (excluding diaryl/α,β-unsaturated/α-hetero) is 3. The van der Waals surface area contributed by atoms with E-state index in [0.717, 1.165) is 24.8 Å². The van der Waals surface area contributed by atoms with E-state index in [4.69, 9.17) is 18.9 Å². The second kappa shape index (κ2) is 14.0. The number of allylic oxidation sites excluding steroid dienone is 2. The van der Waals surface area contributed by atoms with Crippen LogP contribution in [0.25, 0.3) is 0 Å². The van der Waals surface area contributed by atoms with E-state index in [1.54, 1.807) is 37.3 Å². The molecule has 16 nitrogen and oxygen atoms in total. The molecule has 1 saturated heterocycles. The number of phenols is 2. The number of fused-ring (bicyclic) bond motifs is 5. The Balaban J connectivity index is 1.33. The number of hydrogen-bond donors (Lipinski definition) is 7. The Morgan fingerprint density at radius 3 is 2.25 bits per heavy atom. The summed E-state index contributed by atoms with van der Waals surface area (Å²) in [6, 6.07) is 11.1. The molecule has 294 valence electrons. The van der Waals surface area contributed by atoms with Gasteiger partial charge in [-0.3, -0.25) is 24.0 Å². The molecule has 7 N–H and O–H groups in total. The number of carbonyl (C=O) groups excluding carboxylic acids is 5. The zero-order chi connectivity index (χ0) is 40.6. The first kappa shape index (κ1) is 38.9. The fraction of sp³-hybridized carbons (Fsp3) is 0.375. The Morgan fingerprint density at radius 1 is 0.929 bits per heavy atom. The van der Waals surface area contributed by atoms with Crippen molar-refractivity contribution in [2.24, 2.45) is 0 Å². The predicted octanol–water partition coefficient (Wildman–Crippen LogP) is 0.893. The molecule has 3 aliphatic carbocycles. The molecule has 4 aliphatic rings. The van der Waals surface area contributed by atoms with Gasteiger partial charge in [0.2, 0.25) is 17.3 Å². The number of ketones is 4. The molecule has 7 rings (SSSR count). The van der Waals surface area contributed by atoms with Crippen molar-refractivity contribution in [3.8, 4) is 11.5 Å². The lowest BCUT2D eigenvalue weighted by Crippen LogP contribution is -2.73. The fourth-order valence-electron chi connectivity index (χ4n) is 8.64. The Labute approximate surface area is 319 Å². The van der Waals surface area contributed by atoms with Crippen molar-refractivity contribution < 1.29 is 68.5 Å². The minimum absolute atomic E-state index is 0.0158. The Bertz CT molecular complexity index is 2240. The van der Waals surface area contributed by atoms with Crippen molar-refractivity contribution in [1.29, 1.82) is 0 Å². The van der Waals surface area contributed by atoms with Crippen molar-refractivity contribution in [2.45, 2.75) is 74.8 Å². The molecule has 8 atom stereocenters. The molecule has 4 unspecified atom stereocenters. The third-order valence-electron chi connectivity index (χ3n) is 11.3. The highest BCUT2D eigenvalue weighted by molar-refractivity contribution is 6.31. The molecular weight excluding hydrogens is 732 g/mol. The van der Waals surface area contributed by atoms with Crippen molar-refractivity contribution in [2.75, 3.05) is 21.3 Å². The van der Waals surface area contributed by atoms with Crippen LogP contribution in [0.2, 0.25) is 0 Å². The highest BCUT2D eigenvalue weighted by atomic mass is 16.6. The highest BCUT2D eigenvalue weighted by Gasteiger charge is 2.72. The third-order valence-corrected chi connectivity index (χ3v) is 11.3. The molecule has 0 bridgehead atoms. The summed E-state index contributed by atoms with van der Waals surface area (Å²) in [7, 11) is 3.61. The van der Waals surface area contributed by atoms with Gasteiger partial charge in [0.15, 0.2) is 23.2 Å². The van der Waals surface area contributed by atoms with Crippen LogP contribution < -0.4 is 10.6 Å². The number of methoxy groups -OCH3 is 3. The number of hydrogen-bond acceptors (Lipinski definition) is 15. The van der Waals surface area contributed by atoms with Crippen LogP contribution in [-0.4, -0.2) is 118 Å². The van der Waals surface area contributed by atoms with Gasteiger partial charge in [-0.1, -0.05) is 36.4 Å². The monoisotopic (exact) mass is 772 g/mol. The molecule has 0 radical (unpaired) electrons. The second-order valence-electron chi connectivity index (χ2n) is 14.3. The van der Waals surface area contributed by atoms with E-state index in [1.807, 2.05) is 0 Å². The molecule has 0 aromatic heterocycles. The van der Waals surface area contributed by atoms with Crippen LogP contribution in [0.5, 0.6) is 11.5 Å². The number of aromatic hydroxyl groups is 2. The Morgan fingerprint density at radius 2 is 1.61 bits per heavy atom. The molecule has 16 heteroatoms. The smallest absolute Gasteiger partial charge is 0.255 e. The second-order valence-corrected chi connectivity index (χ2v) is 14.3. The number of phenolic OH excluding ortho intramolecular Hbond substituents is 2. The number of benzene rings is 3. The van der Waals surface area contributed by atoms with Crippen LogP contribution in [-0.2, 0) is 37.5 Å². The summed E-state index contributed by atoms with van der Waals surface area (Å²) < 4.78 is 22.2. The minimum Gasteiger partial charge on any atom is -0.507 e. The van der Waals surface area contributed by atoms with Gasteiger partial charge in [-0.25, -0.2) is 0 Å². The molecule has 56 heavy (non-hydrogen) atoms. The van der Waals surface area contributed by atoms with Crippen molar-refractivity contribution >= 4 is 29.0 Å². The SMILES string of the molecule is CO[C@@H]1[C@@H](O)[C@@H](OC)C(NC2=CC(=O)c3c(cc4c(c3O)C(=O)C3(OC)C(O)Cc5cc(C)c(C(=O)NCc6ccccc6)c(O)c5C3(O)C4=O)C2=O)O[C@H]1C. The summed E-state index contributed by atoms with van der Waals surface area (Å²) in [5.74, 6) is -7.33. The quantitative estimate of drug-likeness (QED) is 0.168. The van der Waals surface area contributed by atoms with Crippen LogP contribution in [0, 0.1) is 6.92 Å². The average molecular weight is 773 g/mol. The summed E-state index contributed by atoms with van der Waals surface area (Å²) in [4.78, 5) is 70.7. The van der Waals surface area contributed by atoms with Gasteiger partial charge in [-0.05, 0) is 36.6 Å². The third kappa shape index (κ3) is 5.36. The van der Waals surface area contributed by atoms with Gasteiger partial charge in [0.1, 0.15) is 29.8 Å². The van der Waals surface area contributed by atoms with Crippen LogP contribution in [0.1, 0.15) is 81.0 Å². The summed E-state index contributed by atoms with van der Waals surface area (Å²) in [5, 5.41) is 64.0. The molecule has 3 aromatic carbocycles. The first-order chi connectivity index (χ1) is 26.6. The number of ether oxygens (including phenoxy) is 4. The first-order valence-electron chi connectivity index (χ1n) is 17.7. The normalized spacial score (nSPS) is 29.5. The lowest BCUT2D eigenvalue weighted by molar-refractivity contribution is -0.236. The van der Waals surface area contributed by atoms with Gasteiger partial charge < -0.3 is 55.1 Å². The highest BCUT2D eigenvalue weighted by Crippen LogP contribution is 2.56. The van der Waals surface area contributed by atoms with E-state index < -0.39 is 123 Å². The molecule has 3 aromatic rings. The maximum atomic E-state index is 14.8. The number of nitrogens with one attached hydrogen (secondary N) is 2. The number of aryl methyl sites for hydroxylation is 1. The number of aliphatic hydroxyl groups excluding tert-OH is 2. The van der Waals surface area contributed by atoms with Gasteiger partial charge in [-0.15, -0.1) is 0 Å². The standard InChI is InChI=1S/C40H40N2O14/c1-16-11-19-12-24(44)40(55-5)36(50)27-21(35(49)39(40,52)28(19)31(47)25(16)37(51)41-15-18-9-7-6-8-10-18)13-20-26(30(27)46)23(43)14-22(29(20)45)42-38-34(54-4)32(48)33(53-3)17(2)56-38/h6-11,13-14,17,24,32-34,38,42,44,46-48,52H,12,15H2,1-5H3,(H,41,51)/t17-,24?,32+,33-,34+,38?,39?,40?/m0/s1. The molecule has 1 fully saturated rings. The van der Waals surface area contributed by atoms with Crippen LogP contribution in [0.4, 0.5) is 0 Å². The lowest BCUT2D eigenvalue weighted by atomic mass is 9.56. The van der Waals surface area contributed by atoms with E-state index >= 15 is 0 Å². The predicted molar refractivity (Wildman–Crippen MR) is 192 cm³/mol. The first-order valence-corrected chi connectivity index (χ1v) is 17.7. The van der Waals surface area contributed by atoms with Gasteiger partial charge in [0, 0.05) is 57.1 Å². The fourth-order valence-corrected chi connectivity index (χ4v) is 8.64. The summed E-state index contributed by atoms with van der Waals surface area (Å²) in [6.45, 7) is 3.18. The zero-order valence-electron chi connectivity index (χ0n) is 30.9. The minimum atomic E-state index is -3.24. The number of amides is 1.